The number of nitrogens with one attached hydrogen (secondary N) is 2. The highest BCUT2D eigenvalue weighted by Gasteiger charge is 2.22. The summed E-state index contributed by atoms with van der Waals surface area (Å²) in [5.41, 5.74) is 4.35. The molecule has 9 heteroatoms. The molecule has 2 N–H and O–H groups in total. The van der Waals surface area contributed by atoms with E-state index in [4.69, 9.17) is 4.98 Å². The predicted octanol–water partition coefficient (Wildman–Crippen LogP) is 3.62. The molecule has 0 amide bonds. The molecule has 2 aromatic carbocycles. The van der Waals surface area contributed by atoms with Crippen molar-refractivity contribution in [3.63, 3.8) is 0 Å². The number of thiazole rings is 1. The van der Waals surface area contributed by atoms with Crippen LogP contribution in [0.4, 0.5) is 11.4 Å². The van der Waals surface area contributed by atoms with Crippen molar-refractivity contribution in [2.45, 2.75) is 26.4 Å². The van der Waals surface area contributed by atoms with Gasteiger partial charge >= 0.3 is 0 Å². The number of fused-ring (bicyclic) bond motifs is 1. The average Bonchev–Trinajstić information content (AvgIpc) is 3.43. The summed E-state index contributed by atoms with van der Waals surface area (Å²) in [4.78, 5) is 9.71. The van der Waals surface area contributed by atoms with Crippen molar-refractivity contribution in [3.05, 3.63) is 47.5 Å². The van der Waals surface area contributed by atoms with Crippen molar-refractivity contribution in [2.24, 2.45) is 0 Å². The largest absolute Gasteiger partial charge is 0.383 e. The molecule has 0 atom stereocenters. The van der Waals surface area contributed by atoms with Crippen LogP contribution in [-0.2, 0) is 6.54 Å². The molecular weight excluding hydrogens is 408 g/mol. The number of H-pyrrole nitrogens is 1. The fourth-order valence-electron chi connectivity index (χ4n) is 4.01. The Balaban J connectivity index is 1.32. The zero-order chi connectivity index (χ0) is 21.2. The first kappa shape index (κ1) is 19.9. The molecule has 2 aromatic heterocycles. The van der Waals surface area contributed by atoms with Crippen molar-refractivity contribution >= 4 is 32.9 Å². The normalized spacial score (nSPS) is 15.1. The van der Waals surface area contributed by atoms with Crippen LogP contribution in [-0.4, -0.2) is 62.7 Å². The SMILES string of the molecule is CC(C)Nc1ccc(-c2nn[nH]n2)c(N2CCN(Cc3nc4ccccc4s3)CC2)c1. The summed E-state index contributed by atoms with van der Waals surface area (Å²) in [6.07, 6.45) is 0. The highest BCUT2D eigenvalue weighted by atomic mass is 32.1. The molecule has 1 fully saturated rings. The van der Waals surface area contributed by atoms with Gasteiger partial charge in [-0.1, -0.05) is 12.1 Å². The van der Waals surface area contributed by atoms with E-state index in [-0.39, 0.29) is 0 Å². The van der Waals surface area contributed by atoms with Crippen LogP contribution in [0.2, 0.25) is 0 Å². The Kier molecular flexibility index (Phi) is 5.52. The van der Waals surface area contributed by atoms with E-state index in [0.29, 0.717) is 11.9 Å². The molecule has 8 nitrogen and oxygen atoms in total. The molecule has 0 radical (unpaired) electrons. The smallest absolute Gasteiger partial charge is 0.206 e. The van der Waals surface area contributed by atoms with Gasteiger partial charge in [0.25, 0.3) is 0 Å². The molecule has 0 bridgehead atoms. The second-order valence-electron chi connectivity index (χ2n) is 8.10. The number of rotatable bonds is 6. The van der Waals surface area contributed by atoms with Crippen molar-refractivity contribution in [1.29, 1.82) is 0 Å². The predicted molar refractivity (Wildman–Crippen MR) is 125 cm³/mol. The molecule has 4 aromatic rings. The second-order valence-corrected chi connectivity index (χ2v) is 9.22. The van der Waals surface area contributed by atoms with Crippen LogP contribution < -0.4 is 10.2 Å². The quantitative estimate of drug-likeness (QED) is 0.479. The van der Waals surface area contributed by atoms with Gasteiger partial charge in [-0.2, -0.15) is 5.21 Å². The monoisotopic (exact) mass is 434 g/mol. The summed E-state index contributed by atoms with van der Waals surface area (Å²) >= 11 is 1.79. The molecule has 5 rings (SSSR count). The fraction of sp³-hybridized carbons (Fsp3) is 0.364. The topological polar surface area (TPSA) is 85.9 Å². The average molecular weight is 435 g/mol. The van der Waals surface area contributed by atoms with Crippen LogP contribution in [0.25, 0.3) is 21.6 Å². The van der Waals surface area contributed by atoms with E-state index in [2.05, 4.69) is 86.0 Å². The summed E-state index contributed by atoms with van der Waals surface area (Å²) < 4.78 is 1.26. The van der Waals surface area contributed by atoms with Crippen molar-refractivity contribution < 1.29 is 0 Å². The summed E-state index contributed by atoms with van der Waals surface area (Å²) in [5.74, 6) is 0.628. The van der Waals surface area contributed by atoms with E-state index in [1.165, 1.54) is 9.71 Å². The molecule has 1 saturated heterocycles. The summed E-state index contributed by atoms with van der Waals surface area (Å²) in [6.45, 7) is 9.07. The molecule has 0 saturated carbocycles. The van der Waals surface area contributed by atoms with Gasteiger partial charge in [-0.25, -0.2) is 4.98 Å². The number of benzene rings is 2. The lowest BCUT2D eigenvalue weighted by Crippen LogP contribution is -2.46. The van der Waals surface area contributed by atoms with Crippen LogP contribution in [0.3, 0.4) is 0 Å². The number of aromatic nitrogens is 5. The van der Waals surface area contributed by atoms with Gasteiger partial charge in [-0.05, 0) is 49.4 Å². The summed E-state index contributed by atoms with van der Waals surface area (Å²) in [7, 11) is 0. The summed E-state index contributed by atoms with van der Waals surface area (Å²) in [5, 5.41) is 19.4. The van der Waals surface area contributed by atoms with E-state index >= 15 is 0 Å². The Labute approximate surface area is 185 Å². The number of para-hydroxylation sites is 1. The van der Waals surface area contributed by atoms with Crippen LogP contribution in [0, 0.1) is 0 Å². The first-order valence-electron chi connectivity index (χ1n) is 10.6. The minimum atomic E-state index is 0.370. The van der Waals surface area contributed by atoms with Gasteiger partial charge in [-0.3, -0.25) is 4.90 Å². The van der Waals surface area contributed by atoms with Crippen LogP contribution in [0.15, 0.2) is 42.5 Å². The first-order chi connectivity index (χ1) is 15.2. The van der Waals surface area contributed by atoms with Crippen molar-refractivity contribution in [1.82, 2.24) is 30.5 Å². The number of hydrogen-bond donors (Lipinski definition) is 2. The van der Waals surface area contributed by atoms with E-state index in [0.717, 1.165) is 55.2 Å². The fourth-order valence-corrected chi connectivity index (χ4v) is 5.02. The zero-order valence-corrected chi connectivity index (χ0v) is 18.6. The maximum Gasteiger partial charge on any atom is 0.206 e. The van der Waals surface area contributed by atoms with E-state index in [1.807, 2.05) is 6.07 Å². The van der Waals surface area contributed by atoms with Gasteiger partial charge < -0.3 is 10.2 Å². The highest BCUT2D eigenvalue weighted by molar-refractivity contribution is 7.18. The Morgan fingerprint density at radius 2 is 1.94 bits per heavy atom. The molecule has 3 heterocycles. The van der Waals surface area contributed by atoms with Crippen molar-refractivity contribution in [3.8, 4) is 11.4 Å². The van der Waals surface area contributed by atoms with Crippen LogP contribution in [0.5, 0.6) is 0 Å². The Morgan fingerprint density at radius 1 is 1.10 bits per heavy atom. The molecule has 0 aliphatic carbocycles. The van der Waals surface area contributed by atoms with Gasteiger partial charge in [0.05, 0.1) is 22.4 Å². The zero-order valence-electron chi connectivity index (χ0n) is 17.7. The number of aromatic amines is 1. The maximum atomic E-state index is 4.80. The van der Waals surface area contributed by atoms with E-state index in [9.17, 15) is 0 Å². The molecule has 1 aliphatic heterocycles. The Bertz CT molecular complexity index is 1110. The number of nitrogens with zero attached hydrogens (tertiary/aromatic N) is 6. The van der Waals surface area contributed by atoms with E-state index in [1.54, 1.807) is 11.3 Å². The van der Waals surface area contributed by atoms with Crippen LogP contribution in [0.1, 0.15) is 18.9 Å². The second kappa shape index (κ2) is 8.60. The first-order valence-corrected chi connectivity index (χ1v) is 11.4. The highest BCUT2D eigenvalue weighted by Crippen LogP contribution is 2.32. The number of tetrazole rings is 1. The Hall–Kier alpha value is -3.04. The number of piperazine rings is 1. The lowest BCUT2D eigenvalue weighted by atomic mass is 10.1. The van der Waals surface area contributed by atoms with Crippen molar-refractivity contribution in [2.75, 3.05) is 36.4 Å². The third-order valence-corrected chi connectivity index (χ3v) is 6.47. The summed E-state index contributed by atoms with van der Waals surface area (Å²) in [6, 6.07) is 15.1. The maximum absolute atomic E-state index is 4.80. The lowest BCUT2D eigenvalue weighted by Gasteiger charge is -2.36. The molecular formula is C22H26N8S. The molecule has 31 heavy (non-hydrogen) atoms. The van der Waals surface area contributed by atoms with Gasteiger partial charge in [0.1, 0.15) is 5.01 Å². The molecule has 0 unspecified atom stereocenters. The van der Waals surface area contributed by atoms with Crippen LogP contribution >= 0.6 is 11.3 Å². The minimum absolute atomic E-state index is 0.370. The molecule has 1 aliphatic rings. The number of anilines is 2. The number of hydrogen-bond acceptors (Lipinski definition) is 8. The van der Waals surface area contributed by atoms with E-state index < -0.39 is 0 Å². The standard InChI is InChI=1S/C22H26N8S/c1-15(2)23-16-7-8-17(22-25-27-28-26-22)19(13-16)30-11-9-29(10-12-30)14-21-24-18-5-3-4-6-20(18)31-21/h3-8,13,15,23H,9-12,14H2,1-2H3,(H,25,26,27,28). The van der Waals surface area contributed by atoms with Gasteiger partial charge in [0.15, 0.2) is 0 Å². The lowest BCUT2D eigenvalue weighted by molar-refractivity contribution is 0.250. The minimum Gasteiger partial charge on any atom is -0.383 e. The van der Waals surface area contributed by atoms with Gasteiger partial charge in [0, 0.05) is 43.5 Å². The third-order valence-electron chi connectivity index (χ3n) is 5.45. The Morgan fingerprint density at radius 3 is 2.68 bits per heavy atom. The van der Waals surface area contributed by atoms with Gasteiger partial charge in [0.2, 0.25) is 5.82 Å². The molecule has 0 spiro atoms. The third kappa shape index (κ3) is 4.38. The molecule has 160 valence electrons. The van der Waals surface area contributed by atoms with Gasteiger partial charge in [-0.15, -0.1) is 21.5 Å².